The molecule has 4 heteroatoms. The van der Waals surface area contributed by atoms with E-state index in [1.165, 1.54) is 0 Å². The van der Waals surface area contributed by atoms with Crippen molar-refractivity contribution in [2.45, 2.75) is 13.5 Å². The lowest BCUT2D eigenvalue weighted by molar-refractivity contribution is -0.116. The van der Waals surface area contributed by atoms with Gasteiger partial charge in [0, 0.05) is 17.8 Å². The summed E-state index contributed by atoms with van der Waals surface area (Å²) in [5, 5.41) is 2.83. The first-order valence-electron chi connectivity index (χ1n) is 6.87. The van der Waals surface area contributed by atoms with Crippen molar-refractivity contribution in [3.8, 4) is 0 Å². The first-order valence-corrected chi connectivity index (χ1v) is 6.87. The summed E-state index contributed by atoms with van der Waals surface area (Å²) < 4.78 is 0. The number of anilines is 1. The molecule has 0 saturated heterocycles. The molecule has 0 unspecified atom stereocenters. The number of nitrogens with zero attached hydrogens (tertiary/aromatic N) is 1. The van der Waals surface area contributed by atoms with Crippen LogP contribution in [-0.4, -0.2) is 23.3 Å². The SMILES string of the molecule is Cc1ccc(C(=O)N2CC(=O)Nc3ccccc3C2)cc1. The Labute approximate surface area is 123 Å². The summed E-state index contributed by atoms with van der Waals surface area (Å²) in [6, 6.07) is 15.0. The van der Waals surface area contributed by atoms with Crippen LogP contribution in [0.1, 0.15) is 21.5 Å². The molecular weight excluding hydrogens is 264 g/mol. The second kappa shape index (κ2) is 5.40. The van der Waals surface area contributed by atoms with Crippen molar-refractivity contribution >= 4 is 17.5 Å². The van der Waals surface area contributed by atoms with Gasteiger partial charge in [-0.25, -0.2) is 0 Å². The molecule has 0 aliphatic carbocycles. The summed E-state index contributed by atoms with van der Waals surface area (Å²) in [7, 11) is 0. The monoisotopic (exact) mass is 280 g/mol. The van der Waals surface area contributed by atoms with E-state index in [2.05, 4.69) is 5.32 Å². The van der Waals surface area contributed by atoms with Gasteiger partial charge in [0.25, 0.3) is 5.91 Å². The van der Waals surface area contributed by atoms with Crippen molar-refractivity contribution in [2.75, 3.05) is 11.9 Å². The molecule has 4 nitrogen and oxygen atoms in total. The lowest BCUT2D eigenvalue weighted by Crippen LogP contribution is -2.35. The van der Waals surface area contributed by atoms with Crippen molar-refractivity contribution in [3.63, 3.8) is 0 Å². The van der Waals surface area contributed by atoms with E-state index in [4.69, 9.17) is 0 Å². The number of fused-ring (bicyclic) bond motifs is 1. The maximum absolute atomic E-state index is 12.6. The Balaban J connectivity index is 1.90. The molecule has 0 spiro atoms. The predicted molar refractivity (Wildman–Crippen MR) is 81.0 cm³/mol. The van der Waals surface area contributed by atoms with E-state index in [-0.39, 0.29) is 18.4 Å². The number of amides is 2. The molecule has 1 aliphatic heterocycles. The maximum atomic E-state index is 12.6. The molecule has 1 heterocycles. The highest BCUT2D eigenvalue weighted by Gasteiger charge is 2.23. The summed E-state index contributed by atoms with van der Waals surface area (Å²) in [5.41, 5.74) is 3.43. The van der Waals surface area contributed by atoms with E-state index in [0.717, 1.165) is 16.8 Å². The minimum absolute atomic E-state index is 0.0708. The fourth-order valence-corrected chi connectivity index (χ4v) is 2.43. The standard InChI is InChI=1S/C17H16N2O2/c1-12-6-8-13(9-7-12)17(21)19-10-14-4-2-3-5-15(14)18-16(20)11-19/h2-9H,10-11H2,1H3,(H,18,20). The van der Waals surface area contributed by atoms with Gasteiger partial charge in [-0.05, 0) is 30.7 Å². The molecule has 0 aromatic heterocycles. The third-order valence-electron chi connectivity index (χ3n) is 3.57. The van der Waals surface area contributed by atoms with Crippen molar-refractivity contribution in [3.05, 3.63) is 65.2 Å². The lowest BCUT2D eigenvalue weighted by atomic mass is 10.1. The van der Waals surface area contributed by atoms with E-state index in [1.807, 2.05) is 43.3 Å². The van der Waals surface area contributed by atoms with E-state index >= 15 is 0 Å². The van der Waals surface area contributed by atoms with Crippen LogP contribution in [0.3, 0.4) is 0 Å². The molecule has 0 saturated carbocycles. The molecule has 0 bridgehead atoms. The number of benzene rings is 2. The van der Waals surface area contributed by atoms with Crippen molar-refractivity contribution in [2.24, 2.45) is 0 Å². The van der Waals surface area contributed by atoms with Crippen LogP contribution in [0.5, 0.6) is 0 Å². The molecule has 2 aromatic rings. The van der Waals surface area contributed by atoms with Gasteiger partial charge in [0.05, 0.1) is 0 Å². The molecule has 0 fully saturated rings. The Bertz CT molecular complexity index is 692. The molecular formula is C17H16N2O2. The largest absolute Gasteiger partial charge is 0.325 e. The van der Waals surface area contributed by atoms with Gasteiger partial charge in [0.1, 0.15) is 6.54 Å². The minimum atomic E-state index is -0.166. The Morgan fingerprint density at radius 1 is 1.05 bits per heavy atom. The van der Waals surface area contributed by atoms with Crippen LogP contribution in [0.4, 0.5) is 5.69 Å². The Morgan fingerprint density at radius 3 is 2.52 bits per heavy atom. The highest BCUT2D eigenvalue weighted by molar-refractivity contribution is 6.00. The highest BCUT2D eigenvalue weighted by Crippen LogP contribution is 2.21. The number of aryl methyl sites for hydroxylation is 1. The number of hydrogen-bond donors (Lipinski definition) is 1. The molecule has 2 amide bonds. The second-order valence-corrected chi connectivity index (χ2v) is 5.23. The zero-order valence-corrected chi connectivity index (χ0v) is 11.8. The number of carbonyl (C=O) groups is 2. The van der Waals surface area contributed by atoms with Gasteiger partial charge in [-0.3, -0.25) is 9.59 Å². The summed E-state index contributed by atoms with van der Waals surface area (Å²) >= 11 is 0. The molecule has 0 atom stereocenters. The quantitative estimate of drug-likeness (QED) is 0.873. The molecule has 2 aromatic carbocycles. The lowest BCUT2D eigenvalue weighted by Gasteiger charge is -2.19. The molecule has 21 heavy (non-hydrogen) atoms. The summed E-state index contributed by atoms with van der Waals surface area (Å²) in [6.45, 7) is 2.48. The molecule has 1 N–H and O–H groups in total. The van der Waals surface area contributed by atoms with Gasteiger partial charge in [-0.2, -0.15) is 0 Å². The summed E-state index contributed by atoms with van der Waals surface area (Å²) in [4.78, 5) is 26.1. The van der Waals surface area contributed by atoms with Gasteiger partial charge in [-0.1, -0.05) is 35.9 Å². The smallest absolute Gasteiger partial charge is 0.254 e. The summed E-state index contributed by atoms with van der Waals surface area (Å²) in [5.74, 6) is -0.290. The Morgan fingerprint density at radius 2 is 1.76 bits per heavy atom. The molecule has 3 rings (SSSR count). The van der Waals surface area contributed by atoms with Crippen LogP contribution in [0.15, 0.2) is 48.5 Å². The average Bonchev–Trinajstić information content (AvgIpc) is 2.65. The van der Waals surface area contributed by atoms with Crippen LogP contribution in [0, 0.1) is 6.92 Å². The van der Waals surface area contributed by atoms with Crippen LogP contribution in [0.25, 0.3) is 0 Å². The van der Waals surface area contributed by atoms with Crippen LogP contribution in [-0.2, 0) is 11.3 Å². The Hall–Kier alpha value is -2.62. The molecule has 106 valence electrons. The maximum Gasteiger partial charge on any atom is 0.254 e. The zero-order valence-electron chi connectivity index (χ0n) is 11.8. The van der Waals surface area contributed by atoms with Crippen LogP contribution >= 0.6 is 0 Å². The minimum Gasteiger partial charge on any atom is -0.325 e. The topological polar surface area (TPSA) is 49.4 Å². The van der Waals surface area contributed by atoms with Gasteiger partial charge in [-0.15, -0.1) is 0 Å². The zero-order chi connectivity index (χ0) is 14.8. The number of para-hydroxylation sites is 1. The van der Waals surface area contributed by atoms with Crippen molar-refractivity contribution < 1.29 is 9.59 Å². The number of hydrogen-bond acceptors (Lipinski definition) is 2. The number of nitrogens with one attached hydrogen (secondary N) is 1. The van der Waals surface area contributed by atoms with Gasteiger partial charge >= 0.3 is 0 Å². The third kappa shape index (κ3) is 2.79. The van der Waals surface area contributed by atoms with Crippen LogP contribution < -0.4 is 5.32 Å². The van der Waals surface area contributed by atoms with Gasteiger partial charge < -0.3 is 10.2 Å². The number of carbonyl (C=O) groups excluding carboxylic acids is 2. The average molecular weight is 280 g/mol. The highest BCUT2D eigenvalue weighted by atomic mass is 16.2. The fourth-order valence-electron chi connectivity index (χ4n) is 2.43. The third-order valence-corrected chi connectivity index (χ3v) is 3.57. The molecule has 0 radical (unpaired) electrons. The number of rotatable bonds is 1. The normalized spacial score (nSPS) is 14.1. The van der Waals surface area contributed by atoms with E-state index in [0.29, 0.717) is 12.1 Å². The molecule has 1 aliphatic rings. The van der Waals surface area contributed by atoms with E-state index in [9.17, 15) is 9.59 Å². The van der Waals surface area contributed by atoms with Crippen molar-refractivity contribution in [1.82, 2.24) is 4.90 Å². The van der Waals surface area contributed by atoms with E-state index in [1.54, 1.807) is 17.0 Å². The fraction of sp³-hybridized carbons (Fsp3) is 0.176. The van der Waals surface area contributed by atoms with Crippen molar-refractivity contribution in [1.29, 1.82) is 0 Å². The first kappa shape index (κ1) is 13.4. The van der Waals surface area contributed by atoms with Gasteiger partial charge in [0.15, 0.2) is 0 Å². The summed E-state index contributed by atoms with van der Waals surface area (Å²) in [6.07, 6.45) is 0. The Kier molecular flexibility index (Phi) is 3.44. The van der Waals surface area contributed by atoms with Crippen LogP contribution in [0.2, 0.25) is 0 Å². The second-order valence-electron chi connectivity index (χ2n) is 5.23. The van der Waals surface area contributed by atoms with E-state index < -0.39 is 0 Å². The first-order chi connectivity index (χ1) is 10.1. The van der Waals surface area contributed by atoms with Gasteiger partial charge in [0.2, 0.25) is 5.91 Å². The predicted octanol–water partition coefficient (Wildman–Crippen LogP) is 2.59.